The first-order valence-electron chi connectivity index (χ1n) is 8.05. The standard InChI is InChI=1S/C18H17BrCl2FN3O/c1-8(2)26-16-11(7-12(20)14(22)13(16)19)9(3)18-24-10(4)15-17(21)23-5-6-25(15)18/h5-9H,1-4H3. The van der Waals surface area contributed by atoms with Gasteiger partial charge in [-0.3, -0.25) is 4.40 Å². The number of halogens is 4. The van der Waals surface area contributed by atoms with E-state index in [0.29, 0.717) is 10.9 Å². The SMILES string of the molecule is Cc1nc(C(C)c2cc(Cl)c(F)c(Br)c2OC(C)C)n2ccnc(Cl)c12. The number of nitrogens with zero attached hydrogens (tertiary/aromatic N) is 3. The van der Waals surface area contributed by atoms with E-state index in [1.165, 1.54) is 0 Å². The summed E-state index contributed by atoms with van der Waals surface area (Å²) in [6, 6.07) is 1.59. The maximum absolute atomic E-state index is 14.3. The Morgan fingerprint density at radius 3 is 2.62 bits per heavy atom. The average Bonchev–Trinajstić information content (AvgIpc) is 2.92. The van der Waals surface area contributed by atoms with Crippen LogP contribution in [0.5, 0.6) is 5.75 Å². The third-order valence-corrected chi connectivity index (χ3v) is 5.33. The van der Waals surface area contributed by atoms with Gasteiger partial charge in [-0.15, -0.1) is 0 Å². The molecule has 1 unspecified atom stereocenters. The molecule has 8 heteroatoms. The lowest BCUT2D eigenvalue weighted by Crippen LogP contribution is -2.12. The third kappa shape index (κ3) is 3.30. The molecule has 26 heavy (non-hydrogen) atoms. The first-order valence-corrected chi connectivity index (χ1v) is 9.60. The Morgan fingerprint density at radius 2 is 1.96 bits per heavy atom. The van der Waals surface area contributed by atoms with E-state index >= 15 is 0 Å². The summed E-state index contributed by atoms with van der Waals surface area (Å²) in [5, 5.41) is 0.403. The summed E-state index contributed by atoms with van der Waals surface area (Å²) in [5.74, 6) is 0.390. The van der Waals surface area contributed by atoms with Crippen molar-refractivity contribution in [3.8, 4) is 5.75 Å². The summed E-state index contributed by atoms with van der Waals surface area (Å²) < 4.78 is 22.3. The second kappa shape index (κ2) is 7.33. The highest BCUT2D eigenvalue weighted by Gasteiger charge is 2.26. The highest BCUT2D eigenvalue weighted by atomic mass is 79.9. The Hall–Kier alpha value is -1.37. The minimum Gasteiger partial charge on any atom is -0.489 e. The second-order valence-corrected chi connectivity index (χ2v) is 7.84. The van der Waals surface area contributed by atoms with Gasteiger partial charge >= 0.3 is 0 Å². The quantitative estimate of drug-likeness (QED) is 0.436. The number of benzene rings is 1. The van der Waals surface area contributed by atoms with Crippen molar-refractivity contribution in [2.75, 3.05) is 0 Å². The Morgan fingerprint density at radius 1 is 1.27 bits per heavy atom. The van der Waals surface area contributed by atoms with Crippen molar-refractivity contribution in [2.24, 2.45) is 0 Å². The molecule has 3 aromatic rings. The van der Waals surface area contributed by atoms with Gasteiger partial charge in [-0.2, -0.15) is 0 Å². The predicted octanol–water partition coefficient (Wildman–Crippen LogP) is 6.19. The summed E-state index contributed by atoms with van der Waals surface area (Å²) in [6.45, 7) is 7.60. The molecular formula is C18H17BrCl2FN3O. The number of imidazole rings is 1. The molecule has 0 radical (unpaired) electrons. The zero-order chi connectivity index (χ0) is 19.2. The van der Waals surface area contributed by atoms with Crippen LogP contribution < -0.4 is 4.74 Å². The largest absolute Gasteiger partial charge is 0.489 e. The molecule has 0 fully saturated rings. The van der Waals surface area contributed by atoms with E-state index in [4.69, 9.17) is 27.9 Å². The summed E-state index contributed by atoms with van der Waals surface area (Å²) >= 11 is 15.6. The Balaban J connectivity index is 2.23. The molecule has 0 bridgehead atoms. The van der Waals surface area contributed by atoms with Gasteiger partial charge in [0.25, 0.3) is 0 Å². The van der Waals surface area contributed by atoms with Gasteiger partial charge in [0.2, 0.25) is 0 Å². The fourth-order valence-electron chi connectivity index (χ4n) is 2.91. The van der Waals surface area contributed by atoms with Gasteiger partial charge < -0.3 is 4.74 Å². The molecule has 1 atom stereocenters. The minimum atomic E-state index is -0.547. The molecule has 2 aromatic heterocycles. The van der Waals surface area contributed by atoms with Crippen LogP contribution in [0.25, 0.3) is 5.52 Å². The number of rotatable bonds is 4. The molecule has 0 saturated heterocycles. The number of hydrogen-bond donors (Lipinski definition) is 0. The molecule has 4 nitrogen and oxygen atoms in total. The van der Waals surface area contributed by atoms with E-state index in [1.807, 2.05) is 32.1 Å². The molecule has 2 heterocycles. The highest BCUT2D eigenvalue weighted by Crippen LogP contribution is 2.42. The molecule has 0 amide bonds. The molecule has 0 aliphatic carbocycles. The molecule has 0 aliphatic rings. The van der Waals surface area contributed by atoms with Crippen molar-refractivity contribution in [1.29, 1.82) is 0 Å². The van der Waals surface area contributed by atoms with Crippen LogP contribution in [-0.4, -0.2) is 20.5 Å². The lowest BCUT2D eigenvalue weighted by molar-refractivity contribution is 0.236. The monoisotopic (exact) mass is 459 g/mol. The lowest BCUT2D eigenvalue weighted by atomic mass is 9.99. The first kappa shape index (κ1) is 19.4. The molecule has 0 saturated carbocycles. The molecule has 138 valence electrons. The van der Waals surface area contributed by atoms with E-state index in [1.54, 1.807) is 18.5 Å². The summed E-state index contributed by atoms with van der Waals surface area (Å²) in [4.78, 5) is 8.77. The molecule has 1 aromatic carbocycles. The average molecular weight is 461 g/mol. The Bertz CT molecular complexity index is 990. The first-order chi connectivity index (χ1) is 12.2. The van der Waals surface area contributed by atoms with Crippen LogP contribution in [0.1, 0.15) is 43.8 Å². The Kier molecular flexibility index (Phi) is 5.47. The smallest absolute Gasteiger partial charge is 0.159 e. The Labute approximate surface area is 169 Å². The van der Waals surface area contributed by atoms with Crippen molar-refractivity contribution < 1.29 is 9.13 Å². The van der Waals surface area contributed by atoms with Gasteiger partial charge in [0, 0.05) is 23.9 Å². The normalized spacial score (nSPS) is 12.8. The van der Waals surface area contributed by atoms with Crippen molar-refractivity contribution in [3.63, 3.8) is 0 Å². The van der Waals surface area contributed by atoms with Crippen LogP contribution in [0.2, 0.25) is 10.2 Å². The predicted molar refractivity (Wildman–Crippen MR) is 105 cm³/mol. The van der Waals surface area contributed by atoms with Gasteiger partial charge in [-0.1, -0.05) is 30.1 Å². The van der Waals surface area contributed by atoms with Crippen molar-refractivity contribution in [3.05, 3.63) is 56.0 Å². The summed E-state index contributed by atoms with van der Waals surface area (Å²) in [7, 11) is 0. The fraction of sp³-hybridized carbons (Fsp3) is 0.333. The maximum atomic E-state index is 14.3. The molecule has 0 N–H and O–H groups in total. The number of aryl methyl sites for hydroxylation is 1. The van der Waals surface area contributed by atoms with Crippen molar-refractivity contribution >= 4 is 44.6 Å². The van der Waals surface area contributed by atoms with Crippen molar-refractivity contribution in [2.45, 2.75) is 39.7 Å². The minimum absolute atomic E-state index is 0.0205. The zero-order valence-electron chi connectivity index (χ0n) is 14.6. The topological polar surface area (TPSA) is 39.4 Å². The molecule has 0 spiro atoms. The summed E-state index contributed by atoms with van der Waals surface area (Å²) in [6.07, 6.45) is 3.29. The third-order valence-electron chi connectivity index (χ3n) is 4.07. The van der Waals surface area contributed by atoms with Gasteiger partial charge in [-0.25, -0.2) is 14.4 Å². The van der Waals surface area contributed by atoms with E-state index in [2.05, 4.69) is 25.9 Å². The summed E-state index contributed by atoms with van der Waals surface area (Å²) in [5.41, 5.74) is 2.25. The van der Waals surface area contributed by atoms with Gasteiger partial charge in [-0.05, 0) is 42.8 Å². The molecule has 3 rings (SSSR count). The van der Waals surface area contributed by atoms with Crippen LogP contribution in [0.15, 0.2) is 22.9 Å². The number of aromatic nitrogens is 3. The van der Waals surface area contributed by atoms with E-state index < -0.39 is 5.82 Å². The fourth-order valence-corrected chi connectivity index (χ4v) is 4.06. The van der Waals surface area contributed by atoms with Crippen molar-refractivity contribution in [1.82, 2.24) is 14.4 Å². The van der Waals surface area contributed by atoms with Gasteiger partial charge in [0.15, 0.2) is 11.0 Å². The van der Waals surface area contributed by atoms with Crippen LogP contribution in [-0.2, 0) is 0 Å². The zero-order valence-corrected chi connectivity index (χ0v) is 17.7. The van der Waals surface area contributed by atoms with E-state index in [9.17, 15) is 4.39 Å². The highest BCUT2D eigenvalue weighted by molar-refractivity contribution is 9.10. The number of hydrogen-bond acceptors (Lipinski definition) is 3. The van der Waals surface area contributed by atoms with Crippen LogP contribution in [0.4, 0.5) is 4.39 Å². The maximum Gasteiger partial charge on any atom is 0.159 e. The molecular weight excluding hydrogens is 444 g/mol. The second-order valence-electron chi connectivity index (χ2n) is 6.29. The van der Waals surface area contributed by atoms with Crippen LogP contribution in [0.3, 0.4) is 0 Å². The van der Waals surface area contributed by atoms with Gasteiger partial charge in [0.1, 0.15) is 17.1 Å². The van der Waals surface area contributed by atoms with Crippen LogP contribution >= 0.6 is 39.1 Å². The van der Waals surface area contributed by atoms with E-state index in [-0.39, 0.29) is 21.5 Å². The lowest BCUT2D eigenvalue weighted by Gasteiger charge is -2.21. The van der Waals surface area contributed by atoms with Gasteiger partial charge in [0.05, 0.1) is 21.3 Å². The van der Waals surface area contributed by atoms with Crippen LogP contribution in [0, 0.1) is 12.7 Å². The number of ether oxygens (including phenoxy) is 1. The molecule has 0 aliphatic heterocycles. The van der Waals surface area contributed by atoms with E-state index in [0.717, 1.165) is 22.6 Å². The number of fused-ring (bicyclic) bond motifs is 1.